The van der Waals surface area contributed by atoms with Crippen LogP contribution in [-0.2, 0) is 6.54 Å². The summed E-state index contributed by atoms with van der Waals surface area (Å²) in [5.41, 5.74) is 7.54. The van der Waals surface area contributed by atoms with Crippen molar-refractivity contribution in [3.8, 4) is 0 Å². The van der Waals surface area contributed by atoms with Gasteiger partial charge < -0.3 is 15.5 Å². The molecule has 0 bridgehead atoms. The predicted octanol–water partition coefficient (Wildman–Crippen LogP) is 6.81. The van der Waals surface area contributed by atoms with Gasteiger partial charge in [-0.2, -0.15) is 4.39 Å². The molecule has 0 aliphatic heterocycles. The maximum Gasteiger partial charge on any atom is 0.255 e. The number of hydrogen-bond donors (Lipinski definition) is 2. The number of anilines is 1. The zero-order chi connectivity index (χ0) is 23.8. The number of nitrogen functional groups attached to an aromatic ring is 1. The minimum absolute atomic E-state index is 0.133. The van der Waals surface area contributed by atoms with Gasteiger partial charge in [-0.25, -0.2) is 4.98 Å². The number of rotatable bonds is 5. The summed E-state index contributed by atoms with van der Waals surface area (Å²) < 4.78 is 18.5. The van der Waals surface area contributed by atoms with Gasteiger partial charge in [-0.15, -0.1) is 13.2 Å². The Morgan fingerprint density at radius 3 is 2.32 bits per heavy atom. The molecule has 5 nitrogen and oxygen atoms in total. The van der Waals surface area contributed by atoms with Crippen LogP contribution in [0.25, 0.3) is 11.0 Å². The Hall–Kier alpha value is -3.15. The van der Waals surface area contributed by atoms with Crippen molar-refractivity contribution in [2.75, 3.05) is 5.73 Å². The maximum absolute atomic E-state index is 12.9. The van der Waals surface area contributed by atoms with Gasteiger partial charge in [0, 0.05) is 5.39 Å². The van der Waals surface area contributed by atoms with E-state index in [0.717, 1.165) is 22.6 Å². The van der Waals surface area contributed by atoms with Gasteiger partial charge in [0.15, 0.2) is 0 Å². The van der Waals surface area contributed by atoms with Crippen LogP contribution in [-0.4, -0.2) is 10.9 Å². The van der Waals surface area contributed by atoms with Crippen LogP contribution in [0.15, 0.2) is 54.0 Å². The summed E-state index contributed by atoms with van der Waals surface area (Å²) >= 11 is 0. The number of aromatic nitrogens is 1. The summed E-state index contributed by atoms with van der Waals surface area (Å²) in [7, 11) is 0. The number of nitrogens with two attached hydrogens (primary N) is 1. The molecule has 170 valence electrons. The molecule has 3 N–H and O–H groups in total. The largest absolute Gasteiger partial charge is 0.459 e. The molecule has 1 amide bonds. The molecule has 0 spiro atoms. The summed E-state index contributed by atoms with van der Waals surface area (Å²) in [4.78, 5) is 15.4. The van der Waals surface area contributed by atoms with Crippen LogP contribution in [0.5, 0.6) is 0 Å². The van der Waals surface area contributed by atoms with Crippen LogP contribution in [0.3, 0.4) is 0 Å². The number of pyridine rings is 1. The van der Waals surface area contributed by atoms with E-state index >= 15 is 0 Å². The molecular weight excluding hydrogens is 393 g/mol. The third kappa shape index (κ3) is 9.47. The van der Waals surface area contributed by atoms with E-state index in [1.165, 1.54) is 25.3 Å². The fraction of sp³-hybridized carbons (Fsp3) is 0.360. The number of nitrogens with one attached hydrogen (secondary N) is 1. The molecule has 0 saturated carbocycles. The lowest BCUT2D eigenvalue weighted by Gasteiger charge is -2.05. The van der Waals surface area contributed by atoms with Crippen LogP contribution < -0.4 is 11.1 Å². The first-order valence-corrected chi connectivity index (χ1v) is 10.6. The van der Waals surface area contributed by atoms with Crippen molar-refractivity contribution in [3.05, 3.63) is 72.4 Å². The van der Waals surface area contributed by atoms with Crippen molar-refractivity contribution in [2.24, 2.45) is 0 Å². The second kappa shape index (κ2) is 15.7. The molecule has 0 saturated heterocycles. The van der Waals surface area contributed by atoms with Crippen LogP contribution >= 0.6 is 0 Å². The number of unbranched alkanes of at least 4 members (excludes halogenated alkanes) is 2. The number of amides is 1. The first-order chi connectivity index (χ1) is 14.9. The van der Waals surface area contributed by atoms with Crippen molar-refractivity contribution in [3.63, 3.8) is 0 Å². The summed E-state index contributed by atoms with van der Waals surface area (Å²) in [5.74, 6) is -0.663. The van der Waals surface area contributed by atoms with E-state index in [-0.39, 0.29) is 17.9 Å². The molecule has 0 aliphatic carbocycles. The Balaban J connectivity index is 0.000000867. The minimum Gasteiger partial charge on any atom is -0.459 e. The lowest BCUT2D eigenvalue weighted by Crippen LogP contribution is -2.24. The van der Waals surface area contributed by atoms with Gasteiger partial charge >= 0.3 is 0 Å². The van der Waals surface area contributed by atoms with Crippen LogP contribution in [0.2, 0.25) is 0 Å². The van der Waals surface area contributed by atoms with Gasteiger partial charge in [-0.05, 0) is 36.8 Å². The number of nitrogens with zero attached hydrogens (tertiary/aromatic N) is 1. The third-order valence-electron chi connectivity index (χ3n) is 3.99. The first kappa shape index (κ1) is 27.8. The van der Waals surface area contributed by atoms with E-state index in [1.807, 2.05) is 45.0 Å². The number of furan rings is 1. The number of hydrogen-bond acceptors (Lipinski definition) is 4. The summed E-state index contributed by atoms with van der Waals surface area (Å²) in [6.07, 6.45) is 4.08. The van der Waals surface area contributed by atoms with E-state index in [2.05, 4.69) is 37.3 Å². The maximum atomic E-state index is 12.9. The van der Waals surface area contributed by atoms with Gasteiger partial charge in [0.1, 0.15) is 17.2 Å². The molecule has 2 aromatic heterocycles. The van der Waals surface area contributed by atoms with E-state index < -0.39 is 11.9 Å². The molecular formula is C25H36FN3O2. The molecule has 3 rings (SSSR count). The Bertz CT molecular complexity index is 920. The Kier molecular flexibility index (Phi) is 14.1. The van der Waals surface area contributed by atoms with Crippen molar-refractivity contribution >= 4 is 22.7 Å². The zero-order valence-corrected chi connectivity index (χ0v) is 19.4. The predicted molar refractivity (Wildman–Crippen MR) is 129 cm³/mol. The number of carbonyl (C=O) groups excluding carboxylic acids is 1. The first-order valence-electron chi connectivity index (χ1n) is 10.6. The number of carbonyl (C=O) groups is 1. The SMILES string of the molecule is C=C.CC.CCCCC.Cc1ccc2cc(CNC(=O)c3ccc(F)nc3N)oc2c1. The summed E-state index contributed by atoms with van der Waals surface area (Å²) in [5, 5.41) is 3.65. The molecule has 0 fully saturated rings. The lowest BCUT2D eigenvalue weighted by molar-refractivity contribution is 0.0949. The molecule has 0 radical (unpaired) electrons. The van der Waals surface area contributed by atoms with E-state index in [4.69, 9.17) is 10.2 Å². The van der Waals surface area contributed by atoms with E-state index in [9.17, 15) is 9.18 Å². The van der Waals surface area contributed by atoms with Crippen molar-refractivity contribution in [1.29, 1.82) is 0 Å². The molecule has 0 unspecified atom stereocenters. The fourth-order valence-electron chi connectivity index (χ4n) is 2.54. The highest BCUT2D eigenvalue weighted by atomic mass is 19.1. The molecule has 0 aliphatic rings. The number of benzene rings is 1. The third-order valence-corrected chi connectivity index (χ3v) is 3.99. The van der Waals surface area contributed by atoms with E-state index in [0.29, 0.717) is 5.76 Å². The summed E-state index contributed by atoms with van der Waals surface area (Å²) in [6.45, 7) is 16.6. The Labute approximate surface area is 185 Å². The average molecular weight is 430 g/mol. The fourth-order valence-corrected chi connectivity index (χ4v) is 2.54. The molecule has 2 heterocycles. The topological polar surface area (TPSA) is 81.2 Å². The van der Waals surface area contributed by atoms with Crippen molar-refractivity contribution < 1.29 is 13.6 Å². The van der Waals surface area contributed by atoms with Crippen LogP contribution in [0.4, 0.5) is 10.2 Å². The monoisotopic (exact) mass is 429 g/mol. The van der Waals surface area contributed by atoms with Gasteiger partial charge in [-0.3, -0.25) is 4.79 Å². The normalized spacial score (nSPS) is 9.35. The minimum atomic E-state index is -0.721. The van der Waals surface area contributed by atoms with Crippen molar-refractivity contribution in [2.45, 2.75) is 60.4 Å². The highest BCUT2D eigenvalue weighted by Crippen LogP contribution is 2.20. The number of fused-ring (bicyclic) bond motifs is 1. The van der Waals surface area contributed by atoms with Crippen LogP contribution in [0.1, 0.15) is 68.6 Å². The summed E-state index contributed by atoms with van der Waals surface area (Å²) in [6, 6.07) is 10.1. The van der Waals surface area contributed by atoms with Gasteiger partial charge in [-0.1, -0.05) is 59.1 Å². The molecule has 6 heteroatoms. The second-order valence-corrected chi connectivity index (χ2v) is 6.36. The standard InChI is InChI=1S/C16H14FN3O2.C5H12.C2H6.C2H4/c1-9-2-3-10-7-11(22-13(10)6-9)8-19-16(21)12-4-5-14(17)20-15(12)18;1-3-5-4-2;2*1-2/h2-7H,8H2,1H3,(H2,18,20)(H,19,21);3-5H2,1-2H3;1-2H3;1-2H2. The molecule has 1 aromatic carbocycles. The lowest BCUT2D eigenvalue weighted by atomic mass is 10.2. The highest BCUT2D eigenvalue weighted by Gasteiger charge is 2.12. The zero-order valence-electron chi connectivity index (χ0n) is 19.4. The Morgan fingerprint density at radius 1 is 1.13 bits per heavy atom. The molecule has 3 aromatic rings. The highest BCUT2D eigenvalue weighted by molar-refractivity contribution is 5.98. The number of halogens is 1. The Morgan fingerprint density at radius 2 is 1.77 bits per heavy atom. The van der Waals surface area contributed by atoms with Gasteiger partial charge in [0.25, 0.3) is 5.91 Å². The smallest absolute Gasteiger partial charge is 0.255 e. The average Bonchev–Trinajstić information content (AvgIpc) is 3.18. The quantitative estimate of drug-likeness (QED) is 0.345. The van der Waals surface area contributed by atoms with Crippen molar-refractivity contribution in [1.82, 2.24) is 10.3 Å². The van der Waals surface area contributed by atoms with Gasteiger partial charge in [0.05, 0.1) is 12.1 Å². The molecule has 0 atom stereocenters. The number of aryl methyl sites for hydroxylation is 1. The second-order valence-electron chi connectivity index (χ2n) is 6.36. The van der Waals surface area contributed by atoms with Gasteiger partial charge in [0.2, 0.25) is 5.95 Å². The van der Waals surface area contributed by atoms with E-state index in [1.54, 1.807) is 0 Å². The molecule has 31 heavy (non-hydrogen) atoms. The van der Waals surface area contributed by atoms with Crippen LogP contribution in [0, 0.1) is 12.9 Å².